The predicted octanol–water partition coefficient (Wildman–Crippen LogP) is 6.09. The molecule has 0 saturated heterocycles. The van der Waals surface area contributed by atoms with Gasteiger partial charge in [-0.25, -0.2) is 0 Å². The van der Waals surface area contributed by atoms with Crippen molar-refractivity contribution in [2.75, 3.05) is 0 Å². The van der Waals surface area contributed by atoms with E-state index < -0.39 is 0 Å². The van der Waals surface area contributed by atoms with Crippen LogP contribution in [0.4, 0.5) is 0 Å². The fraction of sp³-hybridized carbons (Fsp3) is 0. The van der Waals surface area contributed by atoms with Crippen molar-refractivity contribution in [3.05, 3.63) is 121 Å². The Bertz CT molecular complexity index is 1570. The Kier molecular flexibility index (Phi) is 4.82. The van der Waals surface area contributed by atoms with Crippen molar-refractivity contribution in [2.24, 2.45) is 0 Å². The third-order valence-corrected chi connectivity index (χ3v) is 6.35. The standard InChI is InChI=1S/C30H22BNO/c33-31-25-14-18-30-28(20-25)27-19-24(22-9-5-2-6-10-22)13-17-29(27)32(30)26-15-11-23(12-16-26)21-7-3-1-4-8-21/h1-20,31,33H. The smallest absolute Gasteiger partial charge is 0.304 e. The third kappa shape index (κ3) is 3.43. The first kappa shape index (κ1) is 19.6. The molecule has 0 aliphatic rings. The van der Waals surface area contributed by atoms with Crippen molar-refractivity contribution in [2.45, 2.75) is 0 Å². The number of aromatic nitrogens is 1. The number of nitrogens with zero attached hydrogens (tertiary/aromatic N) is 1. The lowest BCUT2D eigenvalue weighted by Crippen LogP contribution is -2.12. The van der Waals surface area contributed by atoms with Crippen LogP contribution in [0.1, 0.15) is 0 Å². The van der Waals surface area contributed by atoms with Gasteiger partial charge in [0.25, 0.3) is 0 Å². The molecule has 0 bridgehead atoms. The van der Waals surface area contributed by atoms with E-state index in [1.807, 2.05) is 18.2 Å². The van der Waals surface area contributed by atoms with Gasteiger partial charge >= 0.3 is 7.48 Å². The van der Waals surface area contributed by atoms with Crippen LogP contribution in [0.2, 0.25) is 0 Å². The van der Waals surface area contributed by atoms with Crippen LogP contribution in [0.5, 0.6) is 0 Å². The average Bonchev–Trinajstić information content (AvgIpc) is 3.22. The zero-order valence-electron chi connectivity index (χ0n) is 18.1. The molecule has 1 heterocycles. The van der Waals surface area contributed by atoms with Crippen LogP contribution in [-0.2, 0) is 0 Å². The zero-order valence-corrected chi connectivity index (χ0v) is 18.1. The number of rotatable bonds is 4. The van der Waals surface area contributed by atoms with E-state index in [1.54, 1.807) is 0 Å². The molecule has 0 amide bonds. The molecule has 0 saturated carbocycles. The highest BCUT2D eigenvalue weighted by atomic mass is 16.2. The molecular formula is C30H22BNO. The molecule has 0 atom stereocenters. The summed E-state index contributed by atoms with van der Waals surface area (Å²) in [6, 6.07) is 42.6. The third-order valence-electron chi connectivity index (χ3n) is 6.35. The van der Waals surface area contributed by atoms with Gasteiger partial charge in [-0.15, -0.1) is 0 Å². The lowest BCUT2D eigenvalue weighted by atomic mass is 9.87. The highest BCUT2D eigenvalue weighted by Gasteiger charge is 2.14. The van der Waals surface area contributed by atoms with E-state index in [2.05, 4.69) is 108 Å². The molecule has 33 heavy (non-hydrogen) atoms. The van der Waals surface area contributed by atoms with Crippen LogP contribution in [0.3, 0.4) is 0 Å². The Balaban J connectivity index is 1.56. The van der Waals surface area contributed by atoms with Gasteiger partial charge in [-0.05, 0) is 52.6 Å². The van der Waals surface area contributed by atoms with Gasteiger partial charge < -0.3 is 9.59 Å². The van der Waals surface area contributed by atoms with E-state index in [-0.39, 0.29) is 7.48 Å². The molecule has 0 aliphatic heterocycles. The quantitative estimate of drug-likeness (QED) is 0.341. The Morgan fingerprint density at radius 1 is 0.485 bits per heavy atom. The number of hydrogen-bond acceptors (Lipinski definition) is 1. The maximum absolute atomic E-state index is 9.76. The maximum Gasteiger partial charge on any atom is 0.304 e. The summed E-state index contributed by atoms with van der Waals surface area (Å²) < 4.78 is 2.31. The van der Waals surface area contributed by atoms with Gasteiger partial charge in [0, 0.05) is 16.5 Å². The molecule has 0 aliphatic carbocycles. The predicted molar refractivity (Wildman–Crippen MR) is 141 cm³/mol. The molecule has 6 aromatic rings. The molecule has 3 heteroatoms. The molecule has 0 fully saturated rings. The van der Waals surface area contributed by atoms with Crippen molar-refractivity contribution >= 4 is 34.8 Å². The second kappa shape index (κ2) is 8.12. The summed E-state index contributed by atoms with van der Waals surface area (Å²) in [5, 5.41) is 12.1. The molecule has 0 unspecified atom stereocenters. The lowest BCUT2D eigenvalue weighted by molar-refractivity contribution is 0.615. The van der Waals surface area contributed by atoms with Gasteiger partial charge in [0.05, 0.1) is 11.0 Å². The first-order chi connectivity index (χ1) is 16.3. The molecule has 1 aromatic heterocycles. The maximum atomic E-state index is 9.76. The zero-order chi connectivity index (χ0) is 22.2. The normalized spacial score (nSPS) is 11.2. The summed E-state index contributed by atoms with van der Waals surface area (Å²) in [5.41, 5.74) is 9.15. The molecule has 0 spiro atoms. The Hall–Kier alpha value is -4.08. The fourth-order valence-corrected chi connectivity index (χ4v) is 4.69. The first-order valence-electron chi connectivity index (χ1n) is 11.2. The molecule has 0 radical (unpaired) electrons. The van der Waals surface area contributed by atoms with Gasteiger partial charge in [0.15, 0.2) is 0 Å². The molecular weight excluding hydrogens is 401 g/mol. The van der Waals surface area contributed by atoms with E-state index in [0.717, 1.165) is 27.6 Å². The summed E-state index contributed by atoms with van der Waals surface area (Å²) >= 11 is 0. The molecule has 5 aromatic carbocycles. The van der Waals surface area contributed by atoms with Crippen molar-refractivity contribution in [1.82, 2.24) is 4.57 Å². The van der Waals surface area contributed by atoms with E-state index in [9.17, 15) is 5.02 Å². The fourth-order valence-electron chi connectivity index (χ4n) is 4.69. The van der Waals surface area contributed by atoms with Crippen LogP contribution in [0.25, 0.3) is 49.7 Å². The summed E-state index contributed by atoms with van der Waals surface area (Å²) in [5.74, 6) is 0. The minimum absolute atomic E-state index is 0.0345. The summed E-state index contributed by atoms with van der Waals surface area (Å²) in [7, 11) is 0.0345. The van der Waals surface area contributed by atoms with Gasteiger partial charge in [0.2, 0.25) is 0 Å². The van der Waals surface area contributed by atoms with Crippen LogP contribution >= 0.6 is 0 Å². The average molecular weight is 423 g/mol. The Morgan fingerprint density at radius 2 is 1.00 bits per heavy atom. The number of fused-ring (bicyclic) bond motifs is 3. The second-order valence-corrected chi connectivity index (χ2v) is 8.36. The number of benzene rings is 5. The monoisotopic (exact) mass is 423 g/mol. The largest absolute Gasteiger partial charge is 0.449 e. The van der Waals surface area contributed by atoms with Gasteiger partial charge in [-0.2, -0.15) is 0 Å². The molecule has 2 nitrogen and oxygen atoms in total. The van der Waals surface area contributed by atoms with Crippen molar-refractivity contribution in [3.8, 4) is 27.9 Å². The van der Waals surface area contributed by atoms with Crippen molar-refractivity contribution in [1.29, 1.82) is 0 Å². The van der Waals surface area contributed by atoms with Crippen LogP contribution in [-0.4, -0.2) is 17.1 Å². The van der Waals surface area contributed by atoms with Gasteiger partial charge in [-0.1, -0.05) is 96.5 Å². The minimum Gasteiger partial charge on any atom is -0.449 e. The van der Waals surface area contributed by atoms with E-state index in [1.165, 1.54) is 27.6 Å². The minimum atomic E-state index is 0.0345. The Labute approximate surface area is 193 Å². The van der Waals surface area contributed by atoms with Crippen molar-refractivity contribution < 1.29 is 5.02 Å². The molecule has 156 valence electrons. The van der Waals surface area contributed by atoms with E-state index >= 15 is 0 Å². The highest BCUT2D eigenvalue weighted by Crippen LogP contribution is 2.35. The topological polar surface area (TPSA) is 25.2 Å². The second-order valence-electron chi connectivity index (χ2n) is 8.36. The summed E-state index contributed by atoms with van der Waals surface area (Å²) in [6.45, 7) is 0. The van der Waals surface area contributed by atoms with E-state index in [4.69, 9.17) is 0 Å². The molecule has 1 N–H and O–H groups in total. The van der Waals surface area contributed by atoms with Gasteiger partial charge in [-0.3, -0.25) is 0 Å². The summed E-state index contributed by atoms with van der Waals surface area (Å²) in [4.78, 5) is 0. The SMILES string of the molecule is OBc1ccc2c(c1)c1cc(-c3ccccc3)ccc1n2-c1ccc(-c2ccccc2)cc1. The summed E-state index contributed by atoms with van der Waals surface area (Å²) in [6.07, 6.45) is 0. The molecule has 6 rings (SSSR count). The lowest BCUT2D eigenvalue weighted by Gasteiger charge is -2.10. The highest BCUT2D eigenvalue weighted by molar-refractivity contribution is 6.46. The van der Waals surface area contributed by atoms with Gasteiger partial charge in [0.1, 0.15) is 0 Å². The Morgan fingerprint density at radius 3 is 1.64 bits per heavy atom. The van der Waals surface area contributed by atoms with Crippen molar-refractivity contribution in [3.63, 3.8) is 0 Å². The van der Waals surface area contributed by atoms with Crippen LogP contribution in [0, 0.1) is 0 Å². The number of hydrogen-bond donors (Lipinski definition) is 1. The van der Waals surface area contributed by atoms with Crippen LogP contribution in [0.15, 0.2) is 121 Å². The van der Waals surface area contributed by atoms with Crippen LogP contribution < -0.4 is 5.46 Å². The first-order valence-corrected chi connectivity index (χ1v) is 11.2. The van der Waals surface area contributed by atoms with E-state index in [0.29, 0.717) is 0 Å².